The molecule has 0 aliphatic carbocycles. The van der Waals surface area contributed by atoms with Gasteiger partial charge in [-0.25, -0.2) is 9.78 Å². The molecule has 72 valence electrons. The second kappa shape index (κ2) is 4.23. The first kappa shape index (κ1) is 9.98. The lowest BCUT2D eigenvalue weighted by Crippen LogP contribution is -2.02. The summed E-state index contributed by atoms with van der Waals surface area (Å²) >= 11 is 1.18. The summed E-state index contributed by atoms with van der Waals surface area (Å²) in [7, 11) is 1.36. The van der Waals surface area contributed by atoms with Gasteiger partial charge in [0.1, 0.15) is 4.88 Å². The number of methoxy groups -OCH3 is 1. The molecular weight excluding hydrogens is 188 g/mol. The first-order chi connectivity index (χ1) is 6.19. The molecule has 0 atom stereocenters. The van der Waals surface area contributed by atoms with Crippen LogP contribution in [0.2, 0.25) is 0 Å². The molecule has 0 radical (unpaired) electrons. The molecule has 1 rings (SSSR count). The fraction of sp³-hybridized carbons (Fsp3) is 0.500. The fourth-order valence-corrected chi connectivity index (χ4v) is 1.83. The highest BCUT2D eigenvalue weighted by Crippen LogP contribution is 2.22. The van der Waals surface area contributed by atoms with Crippen LogP contribution in [0.5, 0.6) is 0 Å². The molecule has 5 heteroatoms. The number of carbonyl (C=O) groups is 1. The van der Waals surface area contributed by atoms with Gasteiger partial charge in [0.2, 0.25) is 0 Å². The number of anilines is 1. The number of esters is 1. The molecule has 13 heavy (non-hydrogen) atoms. The molecule has 0 aliphatic rings. The Hall–Kier alpha value is -1.10. The molecule has 2 N–H and O–H groups in total. The van der Waals surface area contributed by atoms with Crippen LogP contribution in [-0.4, -0.2) is 18.1 Å². The molecule has 1 heterocycles. The van der Waals surface area contributed by atoms with E-state index in [0.717, 1.165) is 18.5 Å². The van der Waals surface area contributed by atoms with E-state index < -0.39 is 0 Å². The van der Waals surface area contributed by atoms with E-state index in [2.05, 4.69) is 9.72 Å². The summed E-state index contributed by atoms with van der Waals surface area (Å²) in [5.74, 6) is -0.349. The van der Waals surface area contributed by atoms with Crippen LogP contribution in [0.15, 0.2) is 0 Å². The van der Waals surface area contributed by atoms with Crippen molar-refractivity contribution in [3.05, 3.63) is 10.6 Å². The highest BCUT2D eigenvalue weighted by atomic mass is 32.1. The second-order valence-corrected chi connectivity index (χ2v) is 3.60. The van der Waals surface area contributed by atoms with Crippen molar-refractivity contribution in [3.8, 4) is 0 Å². The molecule has 0 aliphatic heterocycles. The van der Waals surface area contributed by atoms with Crippen LogP contribution in [0.1, 0.15) is 28.7 Å². The van der Waals surface area contributed by atoms with E-state index in [1.54, 1.807) is 0 Å². The summed E-state index contributed by atoms with van der Waals surface area (Å²) in [4.78, 5) is 15.8. The number of nitrogens with zero attached hydrogens (tertiary/aromatic N) is 1. The molecule has 0 bridgehead atoms. The lowest BCUT2D eigenvalue weighted by atomic mass is 10.2. The van der Waals surface area contributed by atoms with Gasteiger partial charge in [-0.2, -0.15) is 0 Å². The summed E-state index contributed by atoms with van der Waals surface area (Å²) in [5, 5.41) is 0.420. The number of nitrogens with two attached hydrogens (primary N) is 1. The van der Waals surface area contributed by atoms with Crippen LogP contribution in [0, 0.1) is 0 Å². The molecule has 0 amide bonds. The minimum atomic E-state index is -0.349. The Morgan fingerprint density at radius 3 is 2.92 bits per heavy atom. The van der Waals surface area contributed by atoms with E-state index in [9.17, 15) is 4.79 Å². The number of rotatable bonds is 3. The van der Waals surface area contributed by atoms with Crippen LogP contribution in [0.3, 0.4) is 0 Å². The van der Waals surface area contributed by atoms with Crippen molar-refractivity contribution < 1.29 is 9.53 Å². The standard InChI is InChI=1S/C8H12N2O2S/c1-3-4-5-6(7(11)12-2)13-8(9)10-5/h3-4H2,1-2H3,(H2,9,10). The average molecular weight is 200 g/mol. The Balaban J connectivity index is 2.96. The van der Waals surface area contributed by atoms with E-state index >= 15 is 0 Å². The Morgan fingerprint density at radius 1 is 1.69 bits per heavy atom. The number of thiazole rings is 1. The highest BCUT2D eigenvalue weighted by molar-refractivity contribution is 7.17. The monoisotopic (exact) mass is 200 g/mol. The van der Waals surface area contributed by atoms with Crippen molar-refractivity contribution in [1.82, 2.24) is 4.98 Å². The summed E-state index contributed by atoms with van der Waals surface area (Å²) in [6, 6.07) is 0. The molecular formula is C8H12N2O2S. The molecule has 0 saturated carbocycles. The van der Waals surface area contributed by atoms with Gasteiger partial charge in [0.25, 0.3) is 0 Å². The van der Waals surface area contributed by atoms with Crippen LogP contribution < -0.4 is 5.73 Å². The molecule has 1 aromatic heterocycles. The molecule has 0 spiro atoms. The van der Waals surface area contributed by atoms with E-state index in [4.69, 9.17) is 5.73 Å². The van der Waals surface area contributed by atoms with E-state index in [0.29, 0.717) is 10.0 Å². The summed E-state index contributed by atoms with van der Waals surface area (Å²) in [5.41, 5.74) is 6.25. The van der Waals surface area contributed by atoms with Gasteiger partial charge in [0.05, 0.1) is 12.8 Å². The minimum Gasteiger partial charge on any atom is -0.465 e. The maximum atomic E-state index is 11.2. The van der Waals surface area contributed by atoms with E-state index in [-0.39, 0.29) is 5.97 Å². The lowest BCUT2D eigenvalue weighted by Gasteiger charge is -1.97. The topological polar surface area (TPSA) is 65.2 Å². The Morgan fingerprint density at radius 2 is 2.38 bits per heavy atom. The summed E-state index contributed by atoms with van der Waals surface area (Å²) in [6.45, 7) is 2.02. The molecule has 0 saturated heterocycles. The van der Waals surface area contributed by atoms with Gasteiger partial charge in [-0.3, -0.25) is 0 Å². The van der Waals surface area contributed by atoms with Crippen molar-refractivity contribution >= 4 is 22.4 Å². The number of hydrogen-bond donors (Lipinski definition) is 1. The maximum Gasteiger partial charge on any atom is 0.350 e. The SMILES string of the molecule is CCCc1nc(N)sc1C(=O)OC. The number of carbonyl (C=O) groups excluding carboxylic acids is 1. The van der Waals surface area contributed by atoms with E-state index in [1.807, 2.05) is 6.92 Å². The van der Waals surface area contributed by atoms with Crippen molar-refractivity contribution in [2.75, 3.05) is 12.8 Å². The zero-order chi connectivity index (χ0) is 9.84. The van der Waals surface area contributed by atoms with Crippen molar-refractivity contribution in [2.24, 2.45) is 0 Å². The largest absolute Gasteiger partial charge is 0.465 e. The van der Waals surface area contributed by atoms with Gasteiger partial charge >= 0.3 is 5.97 Å². The van der Waals surface area contributed by atoms with Gasteiger partial charge in [0, 0.05) is 0 Å². The third-order valence-electron chi connectivity index (χ3n) is 1.57. The Labute approximate surface area is 80.7 Å². The number of aryl methyl sites for hydroxylation is 1. The van der Waals surface area contributed by atoms with Crippen LogP contribution in [0.25, 0.3) is 0 Å². The molecule has 0 aromatic carbocycles. The zero-order valence-electron chi connectivity index (χ0n) is 7.66. The molecule has 1 aromatic rings. The van der Waals surface area contributed by atoms with Crippen molar-refractivity contribution in [1.29, 1.82) is 0 Å². The normalized spacial score (nSPS) is 10.0. The molecule has 4 nitrogen and oxygen atoms in total. The molecule has 0 fully saturated rings. The fourth-order valence-electron chi connectivity index (χ4n) is 1.03. The number of nitrogen functional groups attached to an aromatic ring is 1. The third kappa shape index (κ3) is 2.18. The van der Waals surface area contributed by atoms with Crippen LogP contribution in [-0.2, 0) is 11.2 Å². The highest BCUT2D eigenvalue weighted by Gasteiger charge is 2.16. The van der Waals surface area contributed by atoms with Gasteiger partial charge in [0.15, 0.2) is 5.13 Å². The number of aromatic nitrogens is 1. The van der Waals surface area contributed by atoms with Gasteiger partial charge in [-0.1, -0.05) is 24.7 Å². The van der Waals surface area contributed by atoms with Crippen LogP contribution in [0.4, 0.5) is 5.13 Å². The molecule has 0 unspecified atom stereocenters. The lowest BCUT2D eigenvalue weighted by molar-refractivity contribution is 0.0605. The van der Waals surface area contributed by atoms with E-state index in [1.165, 1.54) is 18.4 Å². The first-order valence-corrected chi connectivity index (χ1v) is 4.84. The predicted octanol–water partition coefficient (Wildman–Crippen LogP) is 1.46. The van der Waals surface area contributed by atoms with Crippen LogP contribution >= 0.6 is 11.3 Å². The Bertz CT molecular complexity index is 309. The minimum absolute atomic E-state index is 0.349. The average Bonchev–Trinajstić information content (AvgIpc) is 2.46. The zero-order valence-corrected chi connectivity index (χ0v) is 8.48. The van der Waals surface area contributed by atoms with Gasteiger partial charge < -0.3 is 10.5 Å². The summed E-state index contributed by atoms with van der Waals surface area (Å²) < 4.78 is 4.61. The number of hydrogen-bond acceptors (Lipinski definition) is 5. The first-order valence-electron chi connectivity index (χ1n) is 4.02. The Kier molecular flexibility index (Phi) is 3.25. The predicted molar refractivity (Wildman–Crippen MR) is 51.9 cm³/mol. The smallest absolute Gasteiger partial charge is 0.350 e. The number of ether oxygens (including phenoxy) is 1. The maximum absolute atomic E-state index is 11.2. The second-order valence-electron chi connectivity index (χ2n) is 2.57. The third-order valence-corrected chi connectivity index (χ3v) is 2.48. The summed E-state index contributed by atoms with van der Waals surface area (Å²) in [6.07, 6.45) is 1.70. The van der Waals surface area contributed by atoms with Gasteiger partial charge in [-0.05, 0) is 6.42 Å². The van der Waals surface area contributed by atoms with Crippen molar-refractivity contribution in [3.63, 3.8) is 0 Å². The quantitative estimate of drug-likeness (QED) is 0.750. The van der Waals surface area contributed by atoms with Crippen molar-refractivity contribution in [2.45, 2.75) is 19.8 Å². The van der Waals surface area contributed by atoms with Gasteiger partial charge in [-0.15, -0.1) is 0 Å².